The molecule has 0 saturated carbocycles. The van der Waals surface area contributed by atoms with Gasteiger partial charge in [-0.25, -0.2) is 0 Å². The molecule has 0 aliphatic heterocycles. The van der Waals surface area contributed by atoms with Gasteiger partial charge in [0.05, 0.1) is 6.61 Å². The number of hydrogen-bond acceptors (Lipinski definition) is 4. The van der Waals surface area contributed by atoms with Gasteiger partial charge < -0.3 is 14.8 Å². The van der Waals surface area contributed by atoms with Crippen molar-refractivity contribution in [3.8, 4) is 17.6 Å². The highest BCUT2D eigenvalue weighted by atomic mass is 16.5. The summed E-state index contributed by atoms with van der Waals surface area (Å²) >= 11 is 0. The van der Waals surface area contributed by atoms with Crippen LogP contribution in [0.1, 0.15) is 29.2 Å². The second-order valence-electron chi connectivity index (χ2n) is 7.30. The number of amides is 1. The molecule has 5 nitrogen and oxygen atoms in total. The molecular formula is C27H26N2O3. The summed E-state index contributed by atoms with van der Waals surface area (Å²) in [4.78, 5) is 12.7. The molecule has 0 spiro atoms. The van der Waals surface area contributed by atoms with E-state index in [1.807, 2.05) is 75.4 Å². The van der Waals surface area contributed by atoms with E-state index in [0.717, 1.165) is 22.4 Å². The Morgan fingerprint density at radius 3 is 2.34 bits per heavy atom. The predicted octanol–water partition coefficient (Wildman–Crippen LogP) is 5.83. The Kier molecular flexibility index (Phi) is 7.66. The van der Waals surface area contributed by atoms with Crippen molar-refractivity contribution >= 4 is 17.7 Å². The van der Waals surface area contributed by atoms with Gasteiger partial charge in [-0.3, -0.25) is 4.79 Å². The fourth-order valence-electron chi connectivity index (χ4n) is 3.25. The minimum Gasteiger partial charge on any atom is -0.490 e. The summed E-state index contributed by atoms with van der Waals surface area (Å²) in [5, 5.41) is 12.4. The first-order valence-electron chi connectivity index (χ1n) is 10.4. The minimum absolute atomic E-state index is 0.00746. The average molecular weight is 427 g/mol. The summed E-state index contributed by atoms with van der Waals surface area (Å²) in [6.07, 6.45) is 1.55. The number of benzene rings is 3. The molecule has 0 heterocycles. The van der Waals surface area contributed by atoms with Gasteiger partial charge in [-0.1, -0.05) is 54.6 Å². The second-order valence-corrected chi connectivity index (χ2v) is 7.30. The van der Waals surface area contributed by atoms with E-state index in [9.17, 15) is 10.1 Å². The number of aryl methyl sites for hydroxylation is 2. The minimum atomic E-state index is -0.452. The average Bonchev–Trinajstić information content (AvgIpc) is 2.80. The van der Waals surface area contributed by atoms with Crippen LogP contribution in [0.3, 0.4) is 0 Å². The third-order valence-corrected chi connectivity index (χ3v) is 4.90. The van der Waals surface area contributed by atoms with Gasteiger partial charge in [0.15, 0.2) is 11.5 Å². The smallest absolute Gasteiger partial charge is 0.266 e. The highest BCUT2D eigenvalue weighted by Gasteiger charge is 2.13. The summed E-state index contributed by atoms with van der Waals surface area (Å²) in [6, 6.07) is 23.0. The van der Waals surface area contributed by atoms with E-state index < -0.39 is 5.91 Å². The third kappa shape index (κ3) is 5.77. The van der Waals surface area contributed by atoms with E-state index in [4.69, 9.17) is 9.47 Å². The number of nitrogens with zero attached hydrogens (tertiary/aromatic N) is 1. The standard InChI is InChI=1S/C27H26N2O3/c1-4-31-25-16-22(13-14-24(25)32-18-21-11-6-5-7-12-21)15-23(17-28)27(30)29-26-19(2)9-8-10-20(26)3/h5-16H,4,18H2,1-3H3,(H,29,30)/b23-15+. The molecule has 0 unspecified atom stereocenters. The number of para-hydroxylation sites is 1. The van der Waals surface area contributed by atoms with Crippen LogP contribution in [0.5, 0.6) is 11.5 Å². The lowest BCUT2D eigenvalue weighted by Crippen LogP contribution is -2.15. The highest BCUT2D eigenvalue weighted by Crippen LogP contribution is 2.30. The second kappa shape index (κ2) is 10.8. The molecule has 0 saturated heterocycles. The van der Waals surface area contributed by atoms with Crippen LogP contribution in [0.2, 0.25) is 0 Å². The number of ether oxygens (including phenoxy) is 2. The number of rotatable bonds is 8. The third-order valence-electron chi connectivity index (χ3n) is 4.90. The van der Waals surface area contributed by atoms with Crippen LogP contribution < -0.4 is 14.8 Å². The Morgan fingerprint density at radius 2 is 1.69 bits per heavy atom. The number of nitriles is 1. The van der Waals surface area contributed by atoms with Gasteiger partial charge in [-0.2, -0.15) is 5.26 Å². The van der Waals surface area contributed by atoms with Gasteiger partial charge in [0, 0.05) is 5.69 Å². The summed E-state index contributed by atoms with van der Waals surface area (Å²) in [5.41, 5.74) is 4.33. The van der Waals surface area contributed by atoms with E-state index in [1.54, 1.807) is 24.3 Å². The van der Waals surface area contributed by atoms with Crippen molar-refractivity contribution in [2.45, 2.75) is 27.4 Å². The Morgan fingerprint density at radius 1 is 0.969 bits per heavy atom. The topological polar surface area (TPSA) is 71.3 Å². The molecule has 0 aromatic heterocycles. The summed E-state index contributed by atoms with van der Waals surface area (Å²) < 4.78 is 11.7. The van der Waals surface area contributed by atoms with Gasteiger partial charge in [0.2, 0.25) is 0 Å². The summed E-state index contributed by atoms with van der Waals surface area (Å²) in [6.45, 7) is 6.61. The summed E-state index contributed by atoms with van der Waals surface area (Å²) in [7, 11) is 0. The predicted molar refractivity (Wildman–Crippen MR) is 127 cm³/mol. The molecule has 162 valence electrons. The van der Waals surface area contributed by atoms with Crippen molar-refractivity contribution in [1.82, 2.24) is 0 Å². The van der Waals surface area contributed by atoms with Crippen molar-refractivity contribution in [1.29, 1.82) is 5.26 Å². The zero-order valence-corrected chi connectivity index (χ0v) is 18.5. The Balaban J connectivity index is 1.81. The molecule has 0 aliphatic carbocycles. The van der Waals surface area contributed by atoms with Crippen LogP contribution in [-0.2, 0) is 11.4 Å². The molecular weight excluding hydrogens is 400 g/mol. The molecule has 0 radical (unpaired) electrons. The molecule has 32 heavy (non-hydrogen) atoms. The van der Waals surface area contributed by atoms with Crippen LogP contribution in [0, 0.1) is 25.2 Å². The molecule has 3 aromatic carbocycles. The molecule has 0 bridgehead atoms. The van der Waals surface area contributed by atoms with Crippen LogP contribution in [0.4, 0.5) is 5.69 Å². The molecule has 1 N–H and O–H groups in total. The van der Waals surface area contributed by atoms with Crippen LogP contribution >= 0.6 is 0 Å². The van der Waals surface area contributed by atoms with Crippen molar-refractivity contribution in [3.63, 3.8) is 0 Å². The highest BCUT2D eigenvalue weighted by molar-refractivity contribution is 6.10. The normalized spacial score (nSPS) is 10.9. The van der Waals surface area contributed by atoms with Crippen LogP contribution in [0.15, 0.2) is 72.3 Å². The zero-order chi connectivity index (χ0) is 22.9. The monoisotopic (exact) mass is 426 g/mol. The molecule has 0 fully saturated rings. The van der Waals surface area contributed by atoms with Gasteiger partial charge in [0.1, 0.15) is 18.2 Å². The number of nitrogens with one attached hydrogen (secondary N) is 1. The van der Waals surface area contributed by atoms with Crippen molar-refractivity contribution in [3.05, 3.63) is 94.6 Å². The fourth-order valence-corrected chi connectivity index (χ4v) is 3.25. The first-order valence-corrected chi connectivity index (χ1v) is 10.4. The maximum atomic E-state index is 12.7. The SMILES string of the molecule is CCOc1cc(/C=C(\C#N)C(=O)Nc2c(C)cccc2C)ccc1OCc1ccccc1. The molecule has 1 amide bonds. The Bertz CT molecular complexity index is 1140. The lowest BCUT2D eigenvalue weighted by Gasteiger charge is -2.13. The van der Waals surface area contributed by atoms with E-state index in [-0.39, 0.29) is 5.57 Å². The number of carbonyl (C=O) groups is 1. The van der Waals surface area contributed by atoms with E-state index in [2.05, 4.69) is 5.32 Å². The maximum absolute atomic E-state index is 12.7. The van der Waals surface area contributed by atoms with E-state index in [1.165, 1.54) is 0 Å². The lowest BCUT2D eigenvalue weighted by molar-refractivity contribution is -0.112. The maximum Gasteiger partial charge on any atom is 0.266 e. The molecule has 3 rings (SSSR count). The van der Waals surface area contributed by atoms with Gasteiger partial charge in [-0.05, 0) is 61.2 Å². The largest absolute Gasteiger partial charge is 0.490 e. The molecule has 0 atom stereocenters. The fraction of sp³-hybridized carbons (Fsp3) is 0.185. The number of carbonyl (C=O) groups excluding carboxylic acids is 1. The first kappa shape index (κ1) is 22.6. The van der Waals surface area contributed by atoms with E-state index >= 15 is 0 Å². The van der Waals surface area contributed by atoms with Crippen molar-refractivity contribution in [2.24, 2.45) is 0 Å². The van der Waals surface area contributed by atoms with Gasteiger partial charge in [0.25, 0.3) is 5.91 Å². The summed E-state index contributed by atoms with van der Waals surface area (Å²) in [5.74, 6) is 0.711. The van der Waals surface area contributed by atoms with Gasteiger partial charge in [-0.15, -0.1) is 0 Å². The van der Waals surface area contributed by atoms with Crippen molar-refractivity contribution < 1.29 is 14.3 Å². The lowest BCUT2D eigenvalue weighted by atomic mass is 10.1. The number of hydrogen-bond donors (Lipinski definition) is 1. The quantitative estimate of drug-likeness (QED) is 0.363. The molecule has 0 aliphatic rings. The van der Waals surface area contributed by atoms with E-state index in [0.29, 0.717) is 30.3 Å². The Labute approximate surface area is 188 Å². The molecule has 5 heteroatoms. The Hall–Kier alpha value is -4.04. The van der Waals surface area contributed by atoms with Crippen LogP contribution in [-0.4, -0.2) is 12.5 Å². The van der Waals surface area contributed by atoms with Gasteiger partial charge >= 0.3 is 0 Å². The first-order chi connectivity index (χ1) is 15.5. The van der Waals surface area contributed by atoms with Crippen molar-refractivity contribution in [2.75, 3.05) is 11.9 Å². The zero-order valence-electron chi connectivity index (χ0n) is 18.5. The molecule has 3 aromatic rings. The van der Waals surface area contributed by atoms with Crippen LogP contribution in [0.25, 0.3) is 6.08 Å². The number of anilines is 1.